The largest absolute Gasteiger partial charge is 0.349 e. The van der Waals surface area contributed by atoms with Gasteiger partial charge in [0, 0.05) is 23.6 Å². The normalized spacial score (nSPS) is 15.2. The van der Waals surface area contributed by atoms with Crippen LogP contribution < -0.4 is 5.32 Å². The summed E-state index contributed by atoms with van der Waals surface area (Å²) in [5.74, 6) is 1.01. The number of benzene rings is 2. The van der Waals surface area contributed by atoms with Crippen LogP contribution in [-0.2, 0) is 11.2 Å². The lowest BCUT2D eigenvalue weighted by Crippen LogP contribution is -2.32. The van der Waals surface area contributed by atoms with Gasteiger partial charge in [0.15, 0.2) is 11.0 Å². The van der Waals surface area contributed by atoms with Gasteiger partial charge in [0.25, 0.3) is 0 Å². The van der Waals surface area contributed by atoms with Gasteiger partial charge in [-0.25, -0.2) is 0 Å². The molecule has 2 heterocycles. The average Bonchev–Trinajstić information content (AvgIpc) is 3.28. The molecule has 5 rings (SSSR count). The second-order valence-corrected chi connectivity index (χ2v) is 8.66. The van der Waals surface area contributed by atoms with E-state index in [0.717, 1.165) is 36.3 Å². The molecule has 0 bridgehead atoms. The monoisotopic (exact) mass is 441 g/mol. The van der Waals surface area contributed by atoms with Crippen molar-refractivity contribution in [1.29, 1.82) is 0 Å². The smallest absolute Gasteiger partial charge is 0.230 e. The van der Waals surface area contributed by atoms with Crippen molar-refractivity contribution < 1.29 is 4.79 Å². The van der Waals surface area contributed by atoms with Gasteiger partial charge in [-0.1, -0.05) is 54.2 Å². The van der Waals surface area contributed by atoms with Crippen molar-refractivity contribution in [3.05, 3.63) is 90.3 Å². The van der Waals surface area contributed by atoms with Crippen LogP contribution in [0.25, 0.3) is 17.1 Å². The topological polar surface area (TPSA) is 72.7 Å². The molecule has 1 amide bonds. The third kappa shape index (κ3) is 4.29. The molecule has 4 aromatic rings. The number of rotatable bonds is 6. The second kappa shape index (κ2) is 9.36. The first kappa shape index (κ1) is 20.5. The number of para-hydroxylation sites is 1. The van der Waals surface area contributed by atoms with Crippen LogP contribution >= 0.6 is 11.8 Å². The molecule has 0 saturated carbocycles. The van der Waals surface area contributed by atoms with Crippen molar-refractivity contribution in [2.45, 2.75) is 30.5 Å². The van der Waals surface area contributed by atoms with Crippen LogP contribution in [0.5, 0.6) is 0 Å². The number of carbonyl (C=O) groups excluding carboxylic acids is 1. The Morgan fingerprint density at radius 3 is 2.62 bits per heavy atom. The number of fused-ring (bicyclic) bond motifs is 1. The zero-order valence-corrected chi connectivity index (χ0v) is 18.3. The molecule has 1 aliphatic carbocycles. The van der Waals surface area contributed by atoms with Crippen molar-refractivity contribution in [3.8, 4) is 17.1 Å². The molecule has 2 aromatic heterocycles. The molecule has 7 heteroatoms. The SMILES string of the molecule is O=C(CSc1nnc(-c2ccncc2)n1-c1ccccc1)N[C@@H]1CCCc2ccccc21. The van der Waals surface area contributed by atoms with Crippen LogP contribution in [0.15, 0.2) is 84.3 Å². The summed E-state index contributed by atoms with van der Waals surface area (Å²) in [7, 11) is 0. The average molecular weight is 442 g/mol. The summed E-state index contributed by atoms with van der Waals surface area (Å²) in [6.07, 6.45) is 6.62. The number of thioether (sulfide) groups is 1. The standard InChI is InChI=1S/C25H23N5OS/c31-23(27-22-12-6-8-18-7-4-5-11-21(18)22)17-32-25-29-28-24(19-13-15-26-16-14-19)30(25)20-9-2-1-3-10-20/h1-5,7,9-11,13-16,22H,6,8,12,17H2,(H,27,31)/t22-/m1/s1. The van der Waals surface area contributed by atoms with E-state index < -0.39 is 0 Å². The highest BCUT2D eigenvalue weighted by Crippen LogP contribution is 2.30. The Morgan fingerprint density at radius 2 is 1.78 bits per heavy atom. The Hall–Kier alpha value is -3.45. The van der Waals surface area contributed by atoms with Crippen molar-refractivity contribution in [2.24, 2.45) is 0 Å². The van der Waals surface area contributed by atoms with Gasteiger partial charge in [-0.05, 0) is 54.7 Å². The Kier molecular flexibility index (Phi) is 5.98. The maximum atomic E-state index is 12.8. The minimum atomic E-state index is 0.00442. The molecule has 0 unspecified atom stereocenters. The molecule has 0 aliphatic heterocycles. The Bertz CT molecular complexity index is 1210. The lowest BCUT2D eigenvalue weighted by molar-refractivity contribution is -0.119. The second-order valence-electron chi connectivity index (χ2n) is 7.71. The number of amides is 1. The van der Waals surface area contributed by atoms with Gasteiger partial charge in [0.2, 0.25) is 5.91 Å². The fourth-order valence-electron chi connectivity index (χ4n) is 4.13. The van der Waals surface area contributed by atoms with Crippen LogP contribution in [-0.4, -0.2) is 31.4 Å². The maximum absolute atomic E-state index is 12.8. The van der Waals surface area contributed by atoms with E-state index in [4.69, 9.17) is 0 Å². The predicted molar refractivity (Wildman–Crippen MR) is 126 cm³/mol. The number of carbonyl (C=O) groups is 1. The summed E-state index contributed by atoms with van der Waals surface area (Å²) in [6, 6.07) is 22.2. The van der Waals surface area contributed by atoms with Crippen LogP contribution in [0.3, 0.4) is 0 Å². The van der Waals surface area contributed by atoms with E-state index in [9.17, 15) is 4.79 Å². The summed E-state index contributed by atoms with van der Waals surface area (Å²) >= 11 is 1.40. The lowest BCUT2D eigenvalue weighted by atomic mass is 9.88. The molecule has 0 saturated heterocycles. The Labute approximate surface area is 191 Å². The fourth-order valence-corrected chi connectivity index (χ4v) is 4.89. The molecule has 0 radical (unpaired) electrons. The van der Waals surface area contributed by atoms with Gasteiger partial charge in [-0.3, -0.25) is 14.3 Å². The summed E-state index contributed by atoms with van der Waals surface area (Å²) < 4.78 is 1.99. The van der Waals surface area contributed by atoms with E-state index in [1.54, 1.807) is 12.4 Å². The molecular weight excluding hydrogens is 418 g/mol. The van der Waals surface area contributed by atoms with Gasteiger partial charge in [0.1, 0.15) is 0 Å². The van der Waals surface area contributed by atoms with Gasteiger partial charge in [-0.15, -0.1) is 10.2 Å². The Balaban J connectivity index is 1.35. The van der Waals surface area contributed by atoms with Gasteiger partial charge < -0.3 is 5.32 Å². The van der Waals surface area contributed by atoms with Gasteiger partial charge >= 0.3 is 0 Å². The van der Waals surface area contributed by atoms with Crippen LogP contribution in [0.1, 0.15) is 30.0 Å². The number of pyridine rings is 1. The first-order chi connectivity index (χ1) is 15.8. The van der Waals surface area contributed by atoms with Crippen molar-refractivity contribution in [1.82, 2.24) is 25.1 Å². The highest BCUT2D eigenvalue weighted by molar-refractivity contribution is 7.99. The molecule has 2 aromatic carbocycles. The molecule has 6 nitrogen and oxygen atoms in total. The molecule has 32 heavy (non-hydrogen) atoms. The van der Waals surface area contributed by atoms with E-state index in [0.29, 0.717) is 5.16 Å². The molecular formula is C25H23N5OS. The maximum Gasteiger partial charge on any atom is 0.230 e. The van der Waals surface area contributed by atoms with Crippen LogP contribution in [0.4, 0.5) is 0 Å². The van der Waals surface area contributed by atoms with Crippen molar-refractivity contribution in [3.63, 3.8) is 0 Å². The van der Waals surface area contributed by atoms with Gasteiger partial charge in [0.05, 0.1) is 11.8 Å². The molecule has 1 N–H and O–H groups in total. The number of hydrogen-bond acceptors (Lipinski definition) is 5. The van der Waals surface area contributed by atoms with Gasteiger partial charge in [-0.2, -0.15) is 0 Å². The highest BCUT2D eigenvalue weighted by Gasteiger charge is 2.22. The zero-order chi connectivity index (χ0) is 21.8. The van der Waals surface area contributed by atoms with E-state index in [2.05, 4.69) is 38.7 Å². The molecule has 0 spiro atoms. The minimum Gasteiger partial charge on any atom is -0.349 e. The summed E-state index contributed by atoms with van der Waals surface area (Å²) in [5.41, 5.74) is 4.45. The molecule has 1 atom stereocenters. The molecule has 160 valence electrons. The Morgan fingerprint density at radius 1 is 1.00 bits per heavy atom. The highest BCUT2D eigenvalue weighted by atomic mass is 32.2. The lowest BCUT2D eigenvalue weighted by Gasteiger charge is -2.26. The van der Waals surface area contributed by atoms with E-state index in [1.807, 2.05) is 53.1 Å². The first-order valence-corrected chi connectivity index (χ1v) is 11.7. The summed E-state index contributed by atoms with van der Waals surface area (Å²) in [4.78, 5) is 16.9. The number of aryl methyl sites for hydroxylation is 1. The van der Waals surface area contributed by atoms with Crippen LogP contribution in [0.2, 0.25) is 0 Å². The number of hydrogen-bond donors (Lipinski definition) is 1. The minimum absolute atomic E-state index is 0.00442. The molecule has 0 fully saturated rings. The quantitative estimate of drug-likeness (QED) is 0.442. The third-order valence-corrected chi connectivity index (χ3v) is 6.55. The van der Waals surface area contributed by atoms with Crippen molar-refractivity contribution in [2.75, 3.05) is 5.75 Å². The van der Waals surface area contributed by atoms with E-state index in [1.165, 1.54) is 22.9 Å². The number of nitrogens with zero attached hydrogens (tertiary/aromatic N) is 4. The third-order valence-electron chi connectivity index (χ3n) is 5.62. The van der Waals surface area contributed by atoms with Crippen molar-refractivity contribution >= 4 is 17.7 Å². The fraction of sp³-hybridized carbons (Fsp3) is 0.200. The van der Waals surface area contributed by atoms with E-state index in [-0.39, 0.29) is 17.7 Å². The zero-order valence-electron chi connectivity index (χ0n) is 17.5. The van der Waals surface area contributed by atoms with E-state index >= 15 is 0 Å². The first-order valence-electron chi connectivity index (χ1n) is 10.7. The summed E-state index contributed by atoms with van der Waals surface area (Å²) in [5, 5.41) is 12.7. The summed E-state index contributed by atoms with van der Waals surface area (Å²) in [6.45, 7) is 0. The number of nitrogens with one attached hydrogen (secondary N) is 1. The van der Waals surface area contributed by atoms with Crippen LogP contribution in [0, 0.1) is 0 Å². The number of aromatic nitrogens is 4. The molecule has 1 aliphatic rings. The predicted octanol–water partition coefficient (Wildman–Crippen LogP) is 4.62.